The van der Waals surface area contributed by atoms with Crippen LogP contribution in [0.5, 0.6) is 0 Å². The smallest absolute Gasteiger partial charge is 0.314 e. The normalized spacial score (nSPS) is 15.7. The van der Waals surface area contributed by atoms with Crippen molar-refractivity contribution in [1.82, 2.24) is 0 Å². The Kier molecular flexibility index (Phi) is 4.74. The SMILES string of the molecule is O=C(COC(=O)C1CC(=O)Nc2cc(F)ccc21)Nc1ccccc1. The summed E-state index contributed by atoms with van der Waals surface area (Å²) in [6.45, 7) is -0.470. The number of anilines is 2. The number of amides is 2. The molecule has 1 aliphatic heterocycles. The first-order chi connectivity index (χ1) is 12.0. The molecular formula is C18H15FN2O4. The summed E-state index contributed by atoms with van der Waals surface area (Å²) in [4.78, 5) is 35.8. The minimum atomic E-state index is -0.867. The van der Waals surface area contributed by atoms with E-state index in [-0.39, 0.29) is 12.1 Å². The van der Waals surface area contributed by atoms with Crippen LogP contribution in [0.15, 0.2) is 48.5 Å². The van der Waals surface area contributed by atoms with Crippen molar-refractivity contribution >= 4 is 29.2 Å². The molecule has 0 saturated heterocycles. The van der Waals surface area contributed by atoms with Gasteiger partial charge in [-0.15, -0.1) is 0 Å². The Hall–Kier alpha value is -3.22. The highest BCUT2D eigenvalue weighted by molar-refractivity contribution is 6.00. The maximum atomic E-state index is 13.3. The molecule has 0 radical (unpaired) electrons. The van der Waals surface area contributed by atoms with Crippen molar-refractivity contribution in [2.45, 2.75) is 12.3 Å². The van der Waals surface area contributed by atoms with Gasteiger partial charge in [0.2, 0.25) is 5.91 Å². The number of nitrogens with one attached hydrogen (secondary N) is 2. The highest BCUT2D eigenvalue weighted by Crippen LogP contribution is 2.33. The second kappa shape index (κ2) is 7.12. The Morgan fingerprint density at radius 1 is 1.20 bits per heavy atom. The van der Waals surface area contributed by atoms with Crippen molar-refractivity contribution in [3.8, 4) is 0 Å². The molecular weight excluding hydrogens is 327 g/mol. The molecule has 1 unspecified atom stereocenters. The summed E-state index contributed by atoms with van der Waals surface area (Å²) in [5.74, 6) is -2.98. The maximum absolute atomic E-state index is 13.3. The molecule has 128 valence electrons. The molecule has 2 amide bonds. The van der Waals surface area contributed by atoms with Gasteiger partial charge in [-0.1, -0.05) is 24.3 Å². The number of fused-ring (bicyclic) bond motifs is 1. The van der Waals surface area contributed by atoms with Gasteiger partial charge in [-0.3, -0.25) is 14.4 Å². The quantitative estimate of drug-likeness (QED) is 0.836. The highest BCUT2D eigenvalue weighted by atomic mass is 19.1. The predicted molar refractivity (Wildman–Crippen MR) is 88.4 cm³/mol. The van der Waals surface area contributed by atoms with E-state index in [2.05, 4.69) is 10.6 Å². The molecule has 0 saturated carbocycles. The molecule has 0 spiro atoms. The first-order valence-electron chi connectivity index (χ1n) is 7.64. The number of ether oxygens (including phenoxy) is 1. The third kappa shape index (κ3) is 4.00. The summed E-state index contributed by atoms with van der Waals surface area (Å²) in [5, 5.41) is 5.11. The zero-order valence-corrected chi connectivity index (χ0v) is 13.1. The largest absolute Gasteiger partial charge is 0.455 e. The Morgan fingerprint density at radius 3 is 2.72 bits per heavy atom. The Bertz CT molecular complexity index is 823. The van der Waals surface area contributed by atoms with Gasteiger partial charge in [0.15, 0.2) is 6.61 Å². The summed E-state index contributed by atoms with van der Waals surface area (Å²) in [6, 6.07) is 12.5. The van der Waals surface area contributed by atoms with Gasteiger partial charge in [0.1, 0.15) is 5.82 Å². The van der Waals surface area contributed by atoms with E-state index in [1.165, 1.54) is 12.1 Å². The zero-order valence-electron chi connectivity index (χ0n) is 13.1. The molecule has 1 aliphatic rings. The number of hydrogen-bond donors (Lipinski definition) is 2. The summed E-state index contributed by atoms with van der Waals surface area (Å²) >= 11 is 0. The summed E-state index contributed by atoms with van der Waals surface area (Å²) in [6.07, 6.45) is -0.113. The van der Waals surface area contributed by atoms with Crippen molar-refractivity contribution < 1.29 is 23.5 Å². The molecule has 3 rings (SSSR count). The number of carbonyl (C=O) groups is 3. The Morgan fingerprint density at radius 2 is 1.96 bits per heavy atom. The van der Waals surface area contributed by atoms with Crippen molar-refractivity contribution in [3.05, 3.63) is 59.9 Å². The third-order valence-electron chi connectivity index (χ3n) is 3.74. The molecule has 0 aliphatic carbocycles. The molecule has 0 aromatic heterocycles. The number of benzene rings is 2. The molecule has 1 atom stereocenters. The van der Waals surface area contributed by atoms with Gasteiger partial charge < -0.3 is 15.4 Å². The molecule has 25 heavy (non-hydrogen) atoms. The minimum absolute atomic E-state index is 0.113. The number of esters is 1. The minimum Gasteiger partial charge on any atom is -0.455 e. The van der Waals surface area contributed by atoms with Crippen molar-refractivity contribution in [3.63, 3.8) is 0 Å². The lowest BCUT2D eigenvalue weighted by Crippen LogP contribution is -2.30. The standard InChI is InChI=1S/C18H15FN2O4/c19-11-6-7-13-14(9-16(22)21-15(13)8-11)18(24)25-10-17(23)20-12-4-2-1-3-5-12/h1-8,14H,9-10H2,(H,20,23)(H,21,22). The fourth-order valence-electron chi connectivity index (χ4n) is 2.60. The van der Waals surface area contributed by atoms with E-state index in [0.29, 0.717) is 11.3 Å². The lowest BCUT2D eigenvalue weighted by Gasteiger charge is -2.24. The van der Waals surface area contributed by atoms with Crippen LogP contribution in [0, 0.1) is 5.82 Å². The lowest BCUT2D eigenvalue weighted by molar-refractivity contribution is -0.149. The molecule has 0 bridgehead atoms. The molecule has 7 heteroatoms. The van der Waals surface area contributed by atoms with Crippen LogP contribution in [0.1, 0.15) is 17.9 Å². The zero-order chi connectivity index (χ0) is 17.8. The van der Waals surface area contributed by atoms with Gasteiger partial charge >= 0.3 is 5.97 Å². The van der Waals surface area contributed by atoms with E-state index in [4.69, 9.17) is 4.74 Å². The Labute approximate surface area is 143 Å². The van der Waals surface area contributed by atoms with Crippen LogP contribution in [0.2, 0.25) is 0 Å². The van der Waals surface area contributed by atoms with Gasteiger partial charge in [-0.25, -0.2) is 4.39 Å². The first kappa shape index (κ1) is 16.6. The monoisotopic (exact) mass is 342 g/mol. The second-order valence-electron chi connectivity index (χ2n) is 5.56. The third-order valence-corrected chi connectivity index (χ3v) is 3.74. The summed E-state index contributed by atoms with van der Waals surface area (Å²) in [5.41, 5.74) is 1.29. The number of rotatable bonds is 4. The van der Waals surface area contributed by atoms with Crippen LogP contribution in [0.25, 0.3) is 0 Å². The van der Waals surface area contributed by atoms with E-state index < -0.39 is 36.1 Å². The topological polar surface area (TPSA) is 84.5 Å². The van der Waals surface area contributed by atoms with Crippen LogP contribution in [-0.2, 0) is 19.1 Å². The maximum Gasteiger partial charge on any atom is 0.314 e. The van der Waals surface area contributed by atoms with Gasteiger partial charge in [0.25, 0.3) is 5.91 Å². The summed E-state index contributed by atoms with van der Waals surface area (Å²) < 4.78 is 18.3. The first-order valence-corrected chi connectivity index (χ1v) is 7.64. The molecule has 2 aromatic rings. The fourth-order valence-corrected chi connectivity index (χ4v) is 2.60. The van der Waals surface area contributed by atoms with Gasteiger partial charge in [0, 0.05) is 17.8 Å². The van der Waals surface area contributed by atoms with Crippen molar-refractivity contribution in [2.24, 2.45) is 0 Å². The second-order valence-corrected chi connectivity index (χ2v) is 5.56. The molecule has 6 nitrogen and oxygen atoms in total. The van der Waals surface area contributed by atoms with E-state index in [0.717, 1.165) is 6.07 Å². The molecule has 2 N–H and O–H groups in total. The highest BCUT2D eigenvalue weighted by Gasteiger charge is 2.32. The van der Waals surface area contributed by atoms with Crippen molar-refractivity contribution in [1.29, 1.82) is 0 Å². The number of halogens is 1. The lowest BCUT2D eigenvalue weighted by atomic mass is 9.90. The van der Waals surface area contributed by atoms with Crippen molar-refractivity contribution in [2.75, 3.05) is 17.2 Å². The van der Waals surface area contributed by atoms with E-state index in [1.807, 2.05) is 6.07 Å². The van der Waals surface area contributed by atoms with E-state index >= 15 is 0 Å². The number of carbonyl (C=O) groups excluding carboxylic acids is 3. The van der Waals surface area contributed by atoms with Crippen LogP contribution in [0.3, 0.4) is 0 Å². The Balaban J connectivity index is 1.64. The fraction of sp³-hybridized carbons (Fsp3) is 0.167. The average molecular weight is 342 g/mol. The van der Waals surface area contributed by atoms with Gasteiger partial charge in [-0.05, 0) is 29.8 Å². The molecule has 1 heterocycles. The van der Waals surface area contributed by atoms with Crippen LogP contribution in [0.4, 0.5) is 15.8 Å². The van der Waals surface area contributed by atoms with Crippen LogP contribution < -0.4 is 10.6 Å². The predicted octanol–water partition coefficient (Wildman–Crippen LogP) is 2.43. The molecule has 2 aromatic carbocycles. The van der Waals surface area contributed by atoms with E-state index in [1.54, 1.807) is 24.3 Å². The number of para-hydroxylation sites is 1. The average Bonchev–Trinajstić information content (AvgIpc) is 2.59. The van der Waals surface area contributed by atoms with Crippen LogP contribution in [-0.4, -0.2) is 24.4 Å². The van der Waals surface area contributed by atoms with E-state index in [9.17, 15) is 18.8 Å². The summed E-state index contributed by atoms with van der Waals surface area (Å²) in [7, 11) is 0. The van der Waals surface area contributed by atoms with Gasteiger partial charge in [0.05, 0.1) is 5.92 Å². The van der Waals surface area contributed by atoms with Gasteiger partial charge in [-0.2, -0.15) is 0 Å². The number of hydrogen-bond acceptors (Lipinski definition) is 4. The molecule has 0 fully saturated rings. The van der Waals surface area contributed by atoms with Crippen LogP contribution >= 0.6 is 0 Å².